The molecule has 4 atom stereocenters. The van der Waals surface area contributed by atoms with Crippen LogP contribution >= 0.6 is 23.5 Å². The standard InChI is InChI=1S/C7H5F3S2/c8-7(9,10)6-2-1-3-4(11-3)5(6)12-6/h1-5H. The minimum atomic E-state index is -4.05. The van der Waals surface area contributed by atoms with Crippen molar-refractivity contribution in [3.63, 3.8) is 0 Å². The van der Waals surface area contributed by atoms with Crippen molar-refractivity contribution in [2.75, 3.05) is 0 Å². The van der Waals surface area contributed by atoms with Gasteiger partial charge < -0.3 is 0 Å². The molecule has 2 aliphatic heterocycles. The number of rotatable bonds is 0. The van der Waals surface area contributed by atoms with Crippen LogP contribution in [0.25, 0.3) is 0 Å². The van der Waals surface area contributed by atoms with Crippen molar-refractivity contribution in [2.45, 2.75) is 26.7 Å². The molecule has 1 aliphatic carbocycles. The normalized spacial score (nSPS) is 54.4. The summed E-state index contributed by atoms with van der Waals surface area (Å²) in [6.45, 7) is 0. The zero-order chi connectivity index (χ0) is 8.56. The van der Waals surface area contributed by atoms with Gasteiger partial charge in [-0.15, -0.1) is 23.5 Å². The van der Waals surface area contributed by atoms with E-state index in [1.165, 1.54) is 6.08 Å². The molecule has 0 amide bonds. The van der Waals surface area contributed by atoms with E-state index < -0.39 is 10.9 Å². The Morgan fingerprint density at radius 1 is 1.33 bits per heavy atom. The van der Waals surface area contributed by atoms with Crippen LogP contribution in [-0.4, -0.2) is 26.7 Å². The lowest BCUT2D eigenvalue weighted by Crippen LogP contribution is -2.35. The zero-order valence-corrected chi connectivity index (χ0v) is 7.47. The highest BCUT2D eigenvalue weighted by Gasteiger charge is 2.77. The quantitative estimate of drug-likeness (QED) is 0.445. The van der Waals surface area contributed by atoms with Crippen molar-refractivity contribution in [2.24, 2.45) is 0 Å². The van der Waals surface area contributed by atoms with E-state index in [4.69, 9.17) is 0 Å². The predicted molar refractivity (Wildman–Crippen MR) is 44.5 cm³/mol. The van der Waals surface area contributed by atoms with E-state index in [1.807, 2.05) is 0 Å². The van der Waals surface area contributed by atoms with E-state index in [-0.39, 0.29) is 10.5 Å². The Morgan fingerprint density at radius 3 is 2.75 bits per heavy atom. The van der Waals surface area contributed by atoms with E-state index in [9.17, 15) is 13.2 Å². The van der Waals surface area contributed by atoms with Crippen molar-refractivity contribution in [3.8, 4) is 0 Å². The molecule has 0 N–H and O–H groups in total. The molecule has 4 unspecified atom stereocenters. The van der Waals surface area contributed by atoms with Gasteiger partial charge in [0.15, 0.2) is 0 Å². The van der Waals surface area contributed by atoms with Gasteiger partial charge in [0.1, 0.15) is 4.75 Å². The minimum absolute atomic E-state index is 0.183. The van der Waals surface area contributed by atoms with Gasteiger partial charge in [-0.3, -0.25) is 0 Å². The second-order valence-corrected chi connectivity index (χ2v) is 6.03. The molecule has 0 aromatic heterocycles. The summed E-state index contributed by atoms with van der Waals surface area (Å²) in [6, 6.07) is 0. The van der Waals surface area contributed by atoms with Gasteiger partial charge in [0.25, 0.3) is 0 Å². The van der Waals surface area contributed by atoms with E-state index in [0.29, 0.717) is 5.25 Å². The molecule has 2 saturated heterocycles. The Kier molecular flexibility index (Phi) is 1.17. The van der Waals surface area contributed by atoms with Crippen molar-refractivity contribution < 1.29 is 13.2 Å². The smallest absolute Gasteiger partial charge is 0.169 e. The first-order chi connectivity index (χ1) is 5.55. The molecule has 12 heavy (non-hydrogen) atoms. The summed E-state index contributed by atoms with van der Waals surface area (Å²) in [5, 5.41) is 0.458. The Labute approximate surface area is 76.0 Å². The molecule has 5 heteroatoms. The molecule has 2 heterocycles. The summed E-state index contributed by atoms with van der Waals surface area (Å²) in [5.41, 5.74) is 0. The third-order valence-electron chi connectivity index (χ3n) is 2.52. The largest absolute Gasteiger partial charge is 0.407 e. The topological polar surface area (TPSA) is 0 Å². The highest BCUT2D eigenvalue weighted by Crippen LogP contribution is 2.73. The number of halogens is 3. The SMILES string of the molecule is FC(F)(F)C12C=CC3SC3C1S2. The van der Waals surface area contributed by atoms with Crippen LogP contribution in [0.2, 0.25) is 0 Å². The van der Waals surface area contributed by atoms with Crippen molar-refractivity contribution in [3.05, 3.63) is 12.2 Å². The van der Waals surface area contributed by atoms with Crippen LogP contribution in [0.1, 0.15) is 0 Å². The Morgan fingerprint density at radius 2 is 2.08 bits per heavy atom. The first kappa shape index (κ1) is 7.62. The van der Waals surface area contributed by atoms with Gasteiger partial charge in [0, 0.05) is 15.7 Å². The maximum absolute atomic E-state index is 12.5. The maximum atomic E-state index is 12.5. The summed E-state index contributed by atoms with van der Waals surface area (Å²) < 4.78 is 35.9. The first-order valence-corrected chi connectivity index (χ1v) is 5.46. The highest BCUT2D eigenvalue weighted by molar-refractivity contribution is 8.13. The molecule has 3 rings (SSSR count). The summed E-state index contributed by atoms with van der Waals surface area (Å²) in [4.78, 5) is 0. The van der Waals surface area contributed by atoms with Crippen molar-refractivity contribution in [1.29, 1.82) is 0 Å². The van der Waals surface area contributed by atoms with Crippen LogP contribution in [0.4, 0.5) is 13.2 Å². The van der Waals surface area contributed by atoms with Crippen LogP contribution in [0.5, 0.6) is 0 Å². The molecule has 0 aromatic rings. The van der Waals surface area contributed by atoms with Gasteiger partial charge in [-0.05, 0) is 0 Å². The van der Waals surface area contributed by atoms with Gasteiger partial charge in [0.05, 0.1) is 0 Å². The Hall–Kier alpha value is 0.230. The molecule has 0 saturated carbocycles. The third kappa shape index (κ3) is 0.744. The highest BCUT2D eigenvalue weighted by atomic mass is 32.2. The van der Waals surface area contributed by atoms with E-state index >= 15 is 0 Å². The monoisotopic (exact) mass is 210 g/mol. The molecule has 66 valence electrons. The lowest BCUT2D eigenvalue weighted by Gasteiger charge is -2.16. The van der Waals surface area contributed by atoms with E-state index in [2.05, 4.69) is 0 Å². The fourth-order valence-corrected chi connectivity index (χ4v) is 4.61. The molecule has 0 bridgehead atoms. The molecule has 0 radical (unpaired) electrons. The summed E-state index contributed by atoms with van der Waals surface area (Å²) in [5.74, 6) is 0. The molecule has 3 aliphatic rings. The van der Waals surface area contributed by atoms with Gasteiger partial charge in [-0.25, -0.2) is 0 Å². The number of alkyl halides is 3. The number of fused-ring (bicyclic) bond motifs is 3. The third-order valence-corrected chi connectivity index (χ3v) is 5.70. The average molecular weight is 210 g/mol. The number of hydrogen-bond acceptors (Lipinski definition) is 2. The molecule has 0 aromatic carbocycles. The van der Waals surface area contributed by atoms with Gasteiger partial charge >= 0.3 is 6.18 Å². The van der Waals surface area contributed by atoms with Crippen LogP contribution < -0.4 is 0 Å². The Bertz CT molecular complexity index is 272. The number of hydrogen-bond donors (Lipinski definition) is 0. The fourth-order valence-electron chi connectivity index (χ4n) is 1.72. The predicted octanol–water partition coefficient (Wildman–Crippen LogP) is 2.46. The molecular weight excluding hydrogens is 205 g/mol. The molecule has 0 spiro atoms. The minimum Gasteiger partial charge on any atom is -0.169 e. The lowest BCUT2D eigenvalue weighted by atomic mass is 9.96. The average Bonchev–Trinajstić information content (AvgIpc) is 2.79. The van der Waals surface area contributed by atoms with E-state index in [1.54, 1.807) is 17.8 Å². The van der Waals surface area contributed by atoms with Gasteiger partial charge in [-0.2, -0.15) is 13.2 Å². The van der Waals surface area contributed by atoms with Crippen molar-refractivity contribution in [1.82, 2.24) is 0 Å². The van der Waals surface area contributed by atoms with Crippen LogP contribution in [-0.2, 0) is 0 Å². The summed E-state index contributed by atoms with van der Waals surface area (Å²) >= 11 is 2.73. The summed E-state index contributed by atoms with van der Waals surface area (Å²) in [6.07, 6.45) is -0.963. The lowest BCUT2D eigenvalue weighted by molar-refractivity contribution is -0.139. The van der Waals surface area contributed by atoms with Crippen LogP contribution in [0, 0.1) is 0 Å². The molecule has 2 fully saturated rings. The van der Waals surface area contributed by atoms with Gasteiger partial charge in [0.2, 0.25) is 0 Å². The molecular formula is C7H5F3S2. The fraction of sp³-hybridized carbons (Fsp3) is 0.714. The van der Waals surface area contributed by atoms with Crippen molar-refractivity contribution >= 4 is 23.5 Å². The molecule has 0 nitrogen and oxygen atoms in total. The first-order valence-electron chi connectivity index (χ1n) is 3.64. The second-order valence-electron chi connectivity index (χ2n) is 3.25. The number of thioether (sulfide) groups is 2. The second kappa shape index (κ2) is 1.85. The van der Waals surface area contributed by atoms with Crippen LogP contribution in [0.3, 0.4) is 0 Å². The van der Waals surface area contributed by atoms with E-state index in [0.717, 1.165) is 11.8 Å². The zero-order valence-electron chi connectivity index (χ0n) is 5.84. The van der Waals surface area contributed by atoms with Crippen LogP contribution in [0.15, 0.2) is 12.2 Å². The van der Waals surface area contributed by atoms with Gasteiger partial charge in [-0.1, -0.05) is 12.2 Å². The Balaban J connectivity index is 1.97. The summed E-state index contributed by atoms with van der Waals surface area (Å²) in [7, 11) is 0. The maximum Gasteiger partial charge on any atom is 0.407 e.